The van der Waals surface area contributed by atoms with Crippen LogP contribution in [0, 0.1) is 0 Å². The SMILES string of the molecule is CCCCCC/C=C/OS(=O)(=O)[O-].CCCCCC/C=C/OS(=O)(=O)[O-].[Ca+2]. The standard InChI is InChI=1S/2C8H16O4S.Ca/c2*1-2-3-4-5-6-7-8-12-13(9,10)11;/h2*7-8H,2-6H2,1H3,(H,9,10,11);/q;;+2/p-2/b2*8-7+;. The van der Waals surface area contributed by atoms with E-state index in [4.69, 9.17) is 0 Å². The Kier molecular flexibility index (Phi) is 24.6. The average Bonchev–Trinajstić information content (AvgIpc) is 2.52. The van der Waals surface area contributed by atoms with Crippen LogP contribution in [-0.2, 0) is 29.2 Å². The molecule has 0 aromatic heterocycles. The van der Waals surface area contributed by atoms with E-state index in [-0.39, 0.29) is 37.7 Å². The Bertz CT molecular complexity index is 519. The maximum absolute atomic E-state index is 9.94. The van der Waals surface area contributed by atoms with Gasteiger partial charge in [-0.1, -0.05) is 52.4 Å². The van der Waals surface area contributed by atoms with Gasteiger partial charge in [-0.2, -0.15) is 0 Å². The van der Waals surface area contributed by atoms with Crippen LogP contribution < -0.4 is 0 Å². The fourth-order valence-electron chi connectivity index (χ4n) is 1.73. The van der Waals surface area contributed by atoms with Crippen molar-refractivity contribution in [3.05, 3.63) is 24.7 Å². The summed E-state index contributed by atoms with van der Waals surface area (Å²) in [7, 11) is -9.12. The fraction of sp³-hybridized carbons (Fsp3) is 0.750. The van der Waals surface area contributed by atoms with Crippen molar-refractivity contribution in [2.45, 2.75) is 78.1 Å². The van der Waals surface area contributed by atoms with E-state index in [9.17, 15) is 25.9 Å². The molecule has 0 fully saturated rings. The van der Waals surface area contributed by atoms with Crippen molar-refractivity contribution >= 4 is 58.5 Å². The average molecular weight is 455 g/mol. The molecule has 0 amide bonds. The van der Waals surface area contributed by atoms with Gasteiger partial charge in [-0.05, 0) is 37.8 Å². The summed E-state index contributed by atoms with van der Waals surface area (Å²) < 4.78 is 67.4. The second-order valence-electron chi connectivity index (χ2n) is 5.45. The molecule has 27 heavy (non-hydrogen) atoms. The maximum Gasteiger partial charge on any atom is 2.00 e. The Labute approximate surface area is 194 Å². The van der Waals surface area contributed by atoms with Crippen molar-refractivity contribution in [2.75, 3.05) is 0 Å². The number of hydrogen-bond donors (Lipinski definition) is 0. The third-order valence-electron chi connectivity index (χ3n) is 2.99. The van der Waals surface area contributed by atoms with E-state index in [2.05, 4.69) is 22.2 Å². The van der Waals surface area contributed by atoms with E-state index >= 15 is 0 Å². The molecule has 0 saturated heterocycles. The molecule has 0 rings (SSSR count). The van der Waals surface area contributed by atoms with Gasteiger partial charge >= 0.3 is 37.7 Å². The summed E-state index contributed by atoms with van der Waals surface area (Å²) in [6.07, 6.45) is 15.4. The smallest absolute Gasteiger partial charge is 0.716 e. The van der Waals surface area contributed by atoms with Gasteiger partial charge in [0, 0.05) is 0 Å². The van der Waals surface area contributed by atoms with Crippen LogP contribution >= 0.6 is 0 Å². The third kappa shape index (κ3) is 37.6. The minimum Gasteiger partial charge on any atom is -0.716 e. The molecule has 0 aliphatic rings. The topological polar surface area (TPSA) is 133 Å². The number of hydrogen-bond acceptors (Lipinski definition) is 8. The first-order valence-corrected chi connectivity index (χ1v) is 11.4. The number of rotatable bonds is 14. The van der Waals surface area contributed by atoms with Crippen LogP contribution in [0.4, 0.5) is 0 Å². The van der Waals surface area contributed by atoms with Crippen molar-refractivity contribution in [1.29, 1.82) is 0 Å². The molecule has 0 heterocycles. The first-order valence-electron chi connectivity index (χ1n) is 8.70. The van der Waals surface area contributed by atoms with E-state index in [0.29, 0.717) is 0 Å². The van der Waals surface area contributed by atoms with Gasteiger partial charge in [-0.3, -0.25) is 0 Å². The monoisotopic (exact) mass is 454 g/mol. The summed E-state index contributed by atoms with van der Waals surface area (Å²) in [6.45, 7) is 4.23. The Morgan fingerprint density at radius 3 is 1.26 bits per heavy atom. The predicted molar refractivity (Wildman–Crippen MR) is 103 cm³/mol. The number of unbranched alkanes of at least 4 members (excludes halogenated alkanes) is 8. The second-order valence-corrected chi connectivity index (χ2v) is 7.47. The molecule has 8 nitrogen and oxygen atoms in total. The normalized spacial score (nSPS) is 11.7. The Hall–Kier alpha value is 0.160. The minimum atomic E-state index is -4.56. The van der Waals surface area contributed by atoms with Crippen molar-refractivity contribution in [2.24, 2.45) is 0 Å². The van der Waals surface area contributed by atoms with E-state index in [0.717, 1.165) is 63.9 Å². The van der Waals surface area contributed by atoms with Gasteiger partial charge in [0.1, 0.15) is 12.5 Å². The first-order chi connectivity index (χ1) is 12.1. The second kappa shape index (κ2) is 20.9. The summed E-state index contributed by atoms with van der Waals surface area (Å²) >= 11 is 0. The molecule has 0 aliphatic heterocycles. The number of allylic oxidation sites excluding steroid dienone is 2. The van der Waals surface area contributed by atoms with E-state index in [1.54, 1.807) is 12.2 Å². The van der Waals surface area contributed by atoms with Crippen molar-refractivity contribution in [1.82, 2.24) is 0 Å². The summed E-state index contributed by atoms with van der Waals surface area (Å²) in [5.41, 5.74) is 0. The molecule has 0 atom stereocenters. The molecular weight excluding hydrogens is 424 g/mol. The first kappa shape index (κ1) is 31.8. The quantitative estimate of drug-likeness (QED) is 0.128. The molecule has 0 aromatic rings. The molecule has 0 spiro atoms. The predicted octanol–water partition coefficient (Wildman–Crippen LogP) is 3.51. The zero-order valence-corrected chi connectivity index (χ0v) is 20.0. The van der Waals surface area contributed by atoms with Gasteiger partial charge in [0.15, 0.2) is 0 Å². The molecular formula is C16H30CaO8S2. The van der Waals surface area contributed by atoms with E-state index in [1.807, 2.05) is 0 Å². The van der Waals surface area contributed by atoms with Crippen LogP contribution in [-0.4, -0.2) is 63.7 Å². The maximum atomic E-state index is 9.94. The van der Waals surface area contributed by atoms with Crippen LogP contribution in [0.5, 0.6) is 0 Å². The van der Waals surface area contributed by atoms with E-state index < -0.39 is 20.8 Å². The van der Waals surface area contributed by atoms with Crippen molar-refractivity contribution in [3.63, 3.8) is 0 Å². The van der Waals surface area contributed by atoms with Gasteiger partial charge in [-0.25, -0.2) is 16.8 Å². The van der Waals surface area contributed by atoms with Crippen LogP contribution in [0.1, 0.15) is 78.1 Å². The minimum absolute atomic E-state index is 0. The van der Waals surface area contributed by atoms with Gasteiger partial charge in [-0.15, -0.1) is 0 Å². The van der Waals surface area contributed by atoms with Gasteiger partial charge in [0.2, 0.25) is 0 Å². The molecule has 0 saturated carbocycles. The van der Waals surface area contributed by atoms with Gasteiger partial charge in [0.05, 0.1) is 0 Å². The summed E-state index contributed by atoms with van der Waals surface area (Å²) in [5.74, 6) is 0. The largest absolute Gasteiger partial charge is 2.00 e. The molecule has 0 unspecified atom stereocenters. The molecule has 156 valence electrons. The zero-order chi connectivity index (χ0) is 20.3. The zero-order valence-electron chi connectivity index (χ0n) is 16.2. The summed E-state index contributed by atoms with van der Waals surface area (Å²) in [5, 5.41) is 0. The summed E-state index contributed by atoms with van der Waals surface area (Å²) in [6, 6.07) is 0. The molecule has 0 aromatic carbocycles. The molecule has 0 radical (unpaired) electrons. The summed E-state index contributed by atoms with van der Waals surface area (Å²) in [4.78, 5) is 0. The molecule has 0 aliphatic carbocycles. The molecule has 11 heteroatoms. The molecule has 0 N–H and O–H groups in total. The third-order valence-corrected chi connectivity index (χ3v) is 3.68. The van der Waals surface area contributed by atoms with Crippen LogP contribution in [0.3, 0.4) is 0 Å². The van der Waals surface area contributed by atoms with Crippen LogP contribution in [0.15, 0.2) is 24.7 Å². The van der Waals surface area contributed by atoms with E-state index in [1.165, 1.54) is 12.8 Å². The fourth-order valence-corrected chi connectivity index (χ4v) is 2.16. The van der Waals surface area contributed by atoms with Crippen LogP contribution in [0.2, 0.25) is 0 Å². The van der Waals surface area contributed by atoms with Crippen LogP contribution in [0.25, 0.3) is 0 Å². The Morgan fingerprint density at radius 1 is 0.667 bits per heavy atom. The Balaban J connectivity index is -0.000000411. The van der Waals surface area contributed by atoms with Crippen molar-refractivity contribution < 1.29 is 34.3 Å². The Morgan fingerprint density at radius 2 is 1.00 bits per heavy atom. The molecule has 0 bridgehead atoms. The van der Waals surface area contributed by atoms with Gasteiger partial charge in [0.25, 0.3) is 20.8 Å². The van der Waals surface area contributed by atoms with Gasteiger partial charge < -0.3 is 17.5 Å². The van der Waals surface area contributed by atoms with Crippen molar-refractivity contribution in [3.8, 4) is 0 Å².